The largest absolute Gasteiger partial charge is 0.367 e. The molecule has 170 valence electrons. The van der Waals surface area contributed by atoms with Crippen LogP contribution < -0.4 is 5.32 Å². The number of fused-ring (bicyclic) bond motifs is 2. The third kappa shape index (κ3) is 3.78. The van der Waals surface area contributed by atoms with E-state index >= 15 is 0 Å². The number of pyridine rings is 2. The molecular formula is C27H27N7. The summed E-state index contributed by atoms with van der Waals surface area (Å²) in [6.07, 6.45) is 11.5. The van der Waals surface area contributed by atoms with E-state index in [0.29, 0.717) is 6.04 Å². The molecule has 2 N–H and O–H groups in total. The molecule has 0 aliphatic carbocycles. The lowest BCUT2D eigenvalue weighted by molar-refractivity contribution is 0.264. The van der Waals surface area contributed by atoms with Gasteiger partial charge in [-0.15, -0.1) is 0 Å². The second-order valence-corrected chi connectivity index (χ2v) is 9.19. The van der Waals surface area contributed by atoms with Gasteiger partial charge in [0.2, 0.25) is 0 Å². The van der Waals surface area contributed by atoms with Crippen molar-refractivity contribution in [3.8, 4) is 22.3 Å². The van der Waals surface area contributed by atoms with Gasteiger partial charge in [-0.1, -0.05) is 6.07 Å². The summed E-state index contributed by atoms with van der Waals surface area (Å²) in [6, 6.07) is 11.0. The molecule has 34 heavy (non-hydrogen) atoms. The molecule has 0 unspecified atom stereocenters. The Morgan fingerprint density at radius 2 is 1.79 bits per heavy atom. The van der Waals surface area contributed by atoms with E-state index in [2.05, 4.69) is 73.4 Å². The van der Waals surface area contributed by atoms with E-state index in [1.165, 1.54) is 5.56 Å². The van der Waals surface area contributed by atoms with Gasteiger partial charge in [-0.3, -0.25) is 4.98 Å². The topological polar surface area (TPSA) is 82.6 Å². The number of aromatic amines is 1. The summed E-state index contributed by atoms with van der Waals surface area (Å²) in [5.74, 6) is 0.908. The fourth-order valence-corrected chi connectivity index (χ4v) is 4.84. The van der Waals surface area contributed by atoms with Crippen molar-refractivity contribution in [1.82, 2.24) is 29.8 Å². The fraction of sp³-hybridized carbons (Fsp3) is 0.259. The predicted octanol–water partition coefficient (Wildman–Crippen LogP) is 5.05. The molecule has 0 saturated carbocycles. The van der Waals surface area contributed by atoms with Crippen LogP contribution in [0.4, 0.5) is 5.82 Å². The van der Waals surface area contributed by atoms with Crippen molar-refractivity contribution in [2.75, 3.05) is 25.5 Å². The number of likely N-dealkylation sites (tertiary alicyclic amines) is 1. The molecule has 1 aromatic carbocycles. The number of nitrogens with zero attached hydrogens (tertiary/aromatic N) is 5. The van der Waals surface area contributed by atoms with Crippen LogP contribution in [0.15, 0.2) is 61.4 Å². The van der Waals surface area contributed by atoms with Crippen molar-refractivity contribution in [2.24, 2.45) is 0 Å². The van der Waals surface area contributed by atoms with Gasteiger partial charge >= 0.3 is 0 Å². The van der Waals surface area contributed by atoms with E-state index in [1.807, 2.05) is 30.9 Å². The molecule has 5 heterocycles. The Labute approximate surface area is 198 Å². The normalized spacial score (nSPS) is 15.2. The van der Waals surface area contributed by atoms with Crippen molar-refractivity contribution >= 4 is 27.8 Å². The van der Waals surface area contributed by atoms with Crippen molar-refractivity contribution in [3.05, 3.63) is 67.0 Å². The maximum absolute atomic E-state index is 4.68. The SMILES string of the molecule is Cc1ccncc1-c1cnc2[nH]cc(-c3ccc4ncnc(NC5CCN(C)CC5)c4c3)c2c1. The lowest BCUT2D eigenvalue weighted by Crippen LogP contribution is -2.36. The third-order valence-electron chi connectivity index (χ3n) is 6.89. The first-order valence-electron chi connectivity index (χ1n) is 11.7. The molecule has 0 bridgehead atoms. The van der Waals surface area contributed by atoms with Crippen LogP contribution in [0.25, 0.3) is 44.2 Å². The molecule has 7 nitrogen and oxygen atoms in total. The highest BCUT2D eigenvalue weighted by molar-refractivity contribution is 5.99. The molecule has 1 saturated heterocycles. The van der Waals surface area contributed by atoms with Gasteiger partial charge in [0, 0.05) is 58.3 Å². The van der Waals surface area contributed by atoms with E-state index in [4.69, 9.17) is 0 Å². The minimum atomic E-state index is 0.431. The highest BCUT2D eigenvalue weighted by Gasteiger charge is 2.18. The number of aryl methyl sites for hydroxylation is 1. The van der Waals surface area contributed by atoms with Crippen LogP contribution in [-0.2, 0) is 0 Å². The van der Waals surface area contributed by atoms with Crippen molar-refractivity contribution in [3.63, 3.8) is 0 Å². The molecule has 7 heteroatoms. The van der Waals surface area contributed by atoms with Crippen LogP contribution in [0.5, 0.6) is 0 Å². The number of anilines is 1. The molecule has 6 rings (SSSR count). The average Bonchev–Trinajstić information content (AvgIpc) is 3.29. The quantitative estimate of drug-likeness (QED) is 0.400. The zero-order chi connectivity index (χ0) is 23.1. The molecule has 0 amide bonds. The van der Waals surface area contributed by atoms with Crippen molar-refractivity contribution in [2.45, 2.75) is 25.8 Å². The molecule has 0 atom stereocenters. The highest BCUT2D eigenvalue weighted by atomic mass is 15.1. The zero-order valence-electron chi connectivity index (χ0n) is 19.4. The summed E-state index contributed by atoms with van der Waals surface area (Å²) in [6.45, 7) is 4.31. The number of H-pyrrole nitrogens is 1. The lowest BCUT2D eigenvalue weighted by Gasteiger charge is -2.30. The number of hydrogen-bond acceptors (Lipinski definition) is 6. The molecule has 0 spiro atoms. The second kappa shape index (κ2) is 8.50. The summed E-state index contributed by atoms with van der Waals surface area (Å²) in [7, 11) is 2.18. The molecule has 5 aromatic rings. The van der Waals surface area contributed by atoms with E-state index in [1.54, 1.807) is 6.33 Å². The first-order chi connectivity index (χ1) is 16.7. The first kappa shape index (κ1) is 20.7. The van der Waals surface area contributed by atoms with Gasteiger partial charge in [0.1, 0.15) is 17.8 Å². The Morgan fingerprint density at radius 3 is 2.65 bits per heavy atom. The minimum Gasteiger partial charge on any atom is -0.367 e. The maximum Gasteiger partial charge on any atom is 0.137 e. The zero-order valence-corrected chi connectivity index (χ0v) is 19.4. The molecule has 1 fully saturated rings. The third-order valence-corrected chi connectivity index (χ3v) is 6.89. The Kier molecular flexibility index (Phi) is 5.19. The summed E-state index contributed by atoms with van der Waals surface area (Å²) in [5, 5.41) is 5.81. The van der Waals surface area contributed by atoms with Crippen LogP contribution in [0.1, 0.15) is 18.4 Å². The van der Waals surface area contributed by atoms with Gasteiger partial charge in [0.05, 0.1) is 5.52 Å². The van der Waals surface area contributed by atoms with E-state index < -0.39 is 0 Å². The molecule has 0 radical (unpaired) electrons. The summed E-state index contributed by atoms with van der Waals surface area (Å²) in [5.41, 5.74) is 7.38. The smallest absolute Gasteiger partial charge is 0.137 e. The molecule has 1 aliphatic rings. The van der Waals surface area contributed by atoms with Gasteiger partial charge in [-0.2, -0.15) is 0 Å². The first-order valence-corrected chi connectivity index (χ1v) is 11.7. The van der Waals surface area contributed by atoms with Gasteiger partial charge in [-0.05, 0) is 75.3 Å². The van der Waals surface area contributed by atoms with Gasteiger partial charge in [0.15, 0.2) is 0 Å². The molecule has 1 aliphatic heterocycles. The molecule has 4 aromatic heterocycles. The van der Waals surface area contributed by atoms with Crippen LogP contribution in [0.3, 0.4) is 0 Å². The average molecular weight is 450 g/mol. The van der Waals surface area contributed by atoms with Crippen molar-refractivity contribution < 1.29 is 0 Å². The van der Waals surface area contributed by atoms with Gasteiger partial charge in [-0.25, -0.2) is 15.0 Å². The number of hydrogen-bond donors (Lipinski definition) is 2. The highest BCUT2D eigenvalue weighted by Crippen LogP contribution is 2.34. The van der Waals surface area contributed by atoms with Crippen LogP contribution in [-0.4, -0.2) is 56.0 Å². The minimum absolute atomic E-state index is 0.431. The number of aromatic nitrogens is 5. The Hall–Kier alpha value is -3.84. The van der Waals surface area contributed by atoms with Crippen LogP contribution in [0, 0.1) is 6.92 Å². The van der Waals surface area contributed by atoms with Gasteiger partial charge in [0.25, 0.3) is 0 Å². The monoisotopic (exact) mass is 449 g/mol. The van der Waals surface area contributed by atoms with Crippen LogP contribution >= 0.6 is 0 Å². The fourth-order valence-electron chi connectivity index (χ4n) is 4.84. The number of rotatable bonds is 4. The van der Waals surface area contributed by atoms with Crippen LogP contribution in [0.2, 0.25) is 0 Å². The summed E-state index contributed by atoms with van der Waals surface area (Å²) >= 11 is 0. The van der Waals surface area contributed by atoms with E-state index in [9.17, 15) is 0 Å². The van der Waals surface area contributed by atoms with Crippen molar-refractivity contribution in [1.29, 1.82) is 0 Å². The van der Waals surface area contributed by atoms with E-state index in [0.717, 1.165) is 75.9 Å². The Bertz CT molecular complexity index is 1480. The van der Waals surface area contributed by atoms with Gasteiger partial charge < -0.3 is 15.2 Å². The number of piperidine rings is 1. The Balaban J connectivity index is 1.41. The maximum atomic E-state index is 4.68. The second-order valence-electron chi connectivity index (χ2n) is 9.19. The Morgan fingerprint density at radius 1 is 0.941 bits per heavy atom. The predicted molar refractivity (Wildman–Crippen MR) is 137 cm³/mol. The summed E-state index contributed by atoms with van der Waals surface area (Å²) in [4.78, 5) is 23.8. The lowest BCUT2D eigenvalue weighted by atomic mass is 10.00. The standard InChI is InChI=1S/C27H27N7/c1-17-5-8-28-14-23(17)19-12-21-24(15-30-26(21)29-13-19)18-3-4-25-22(11-18)27(32-16-31-25)33-20-6-9-34(2)10-7-20/h3-5,8,11-16,20H,6-7,9-10H2,1-2H3,(H,29,30)(H,31,32,33). The number of benzene rings is 1. The van der Waals surface area contributed by atoms with E-state index in [-0.39, 0.29) is 0 Å². The number of nitrogens with one attached hydrogen (secondary N) is 2. The summed E-state index contributed by atoms with van der Waals surface area (Å²) < 4.78 is 0. The molecular weight excluding hydrogens is 422 g/mol.